The third kappa shape index (κ3) is 2.33. The van der Waals surface area contributed by atoms with Crippen molar-refractivity contribution < 1.29 is 9.47 Å². The Morgan fingerprint density at radius 1 is 1.09 bits per heavy atom. The van der Waals surface area contributed by atoms with Gasteiger partial charge in [-0.05, 0) is 61.5 Å². The number of imidazole rings is 1. The summed E-state index contributed by atoms with van der Waals surface area (Å²) in [5, 5.41) is 0. The predicted molar refractivity (Wildman–Crippen MR) is 92.0 cm³/mol. The van der Waals surface area contributed by atoms with Gasteiger partial charge in [-0.3, -0.25) is 4.57 Å². The third-order valence-corrected chi connectivity index (χ3v) is 4.54. The number of hydrogen-bond acceptors (Lipinski definition) is 3. The van der Waals surface area contributed by atoms with Crippen LogP contribution in [0.3, 0.4) is 0 Å². The summed E-state index contributed by atoms with van der Waals surface area (Å²) in [6.45, 7) is 4.49. The average Bonchev–Trinajstić information content (AvgIpc) is 3.15. The van der Waals surface area contributed by atoms with Crippen LogP contribution in [0.2, 0.25) is 0 Å². The molecule has 23 heavy (non-hydrogen) atoms. The molecule has 0 amide bonds. The fourth-order valence-corrected chi connectivity index (χ4v) is 3.04. The molecule has 0 saturated heterocycles. The minimum atomic E-state index is 0.276. The number of fused-ring (bicyclic) bond motifs is 1. The van der Waals surface area contributed by atoms with Crippen LogP contribution in [0, 0.1) is 18.6 Å². The Morgan fingerprint density at radius 3 is 2.78 bits per heavy atom. The molecule has 1 aliphatic heterocycles. The SMILES string of the molecule is Cc1cccc(-n2cc(-c3ccc4c(c3)OCO4)[nH]c2=S)c1C. The summed E-state index contributed by atoms with van der Waals surface area (Å²) in [5.41, 5.74) is 5.53. The van der Waals surface area contributed by atoms with Gasteiger partial charge in [0.25, 0.3) is 0 Å². The van der Waals surface area contributed by atoms with Crippen LogP contribution in [0.5, 0.6) is 11.5 Å². The maximum absolute atomic E-state index is 5.51. The van der Waals surface area contributed by atoms with E-state index in [9.17, 15) is 0 Å². The predicted octanol–water partition coefficient (Wildman–Crippen LogP) is 4.55. The highest BCUT2D eigenvalue weighted by Crippen LogP contribution is 2.35. The van der Waals surface area contributed by atoms with Gasteiger partial charge in [0, 0.05) is 11.8 Å². The van der Waals surface area contributed by atoms with E-state index in [0.717, 1.165) is 28.4 Å². The summed E-state index contributed by atoms with van der Waals surface area (Å²) in [6, 6.07) is 12.1. The van der Waals surface area contributed by atoms with Crippen molar-refractivity contribution in [3.05, 3.63) is 58.5 Å². The second kappa shape index (κ2) is 5.28. The molecule has 0 aliphatic carbocycles. The first-order valence-corrected chi connectivity index (χ1v) is 7.82. The zero-order chi connectivity index (χ0) is 16.0. The van der Waals surface area contributed by atoms with Crippen molar-refractivity contribution in [1.82, 2.24) is 9.55 Å². The van der Waals surface area contributed by atoms with Crippen LogP contribution in [0.15, 0.2) is 42.6 Å². The van der Waals surface area contributed by atoms with Crippen LogP contribution in [0.4, 0.5) is 0 Å². The molecule has 5 heteroatoms. The van der Waals surface area contributed by atoms with Crippen molar-refractivity contribution in [3.63, 3.8) is 0 Å². The Morgan fingerprint density at radius 2 is 1.91 bits per heavy atom. The summed E-state index contributed by atoms with van der Waals surface area (Å²) >= 11 is 5.51. The molecule has 3 aromatic rings. The molecule has 1 N–H and O–H groups in total. The molecule has 0 unspecified atom stereocenters. The maximum Gasteiger partial charge on any atom is 0.231 e. The molecule has 2 heterocycles. The molecule has 4 rings (SSSR count). The van der Waals surface area contributed by atoms with Crippen LogP contribution in [-0.4, -0.2) is 16.3 Å². The fourth-order valence-electron chi connectivity index (χ4n) is 2.78. The summed E-state index contributed by atoms with van der Waals surface area (Å²) < 4.78 is 13.5. The molecule has 0 bridgehead atoms. The van der Waals surface area contributed by atoms with Gasteiger partial charge >= 0.3 is 0 Å². The van der Waals surface area contributed by atoms with E-state index < -0.39 is 0 Å². The normalized spacial score (nSPS) is 12.6. The first-order valence-electron chi connectivity index (χ1n) is 7.42. The molecule has 0 radical (unpaired) electrons. The summed E-state index contributed by atoms with van der Waals surface area (Å²) in [7, 11) is 0. The van der Waals surface area contributed by atoms with Crippen LogP contribution in [0.1, 0.15) is 11.1 Å². The molecule has 1 aliphatic rings. The third-order valence-electron chi connectivity index (χ3n) is 4.24. The number of nitrogens with zero attached hydrogens (tertiary/aromatic N) is 1. The van der Waals surface area contributed by atoms with Crippen molar-refractivity contribution in [2.24, 2.45) is 0 Å². The standard InChI is InChI=1S/C18H16N2O2S/c1-11-4-3-5-15(12(11)2)20-9-14(19-18(20)23)13-6-7-16-17(8-13)22-10-21-16/h3-9H,10H2,1-2H3,(H,19,23). The first-order chi connectivity index (χ1) is 11.1. The smallest absolute Gasteiger partial charge is 0.231 e. The van der Waals surface area contributed by atoms with E-state index in [1.807, 2.05) is 35.0 Å². The zero-order valence-corrected chi connectivity index (χ0v) is 13.7. The van der Waals surface area contributed by atoms with E-state index in [1.54, 1.807) is 0 Å². The zero-order valence-electron chi connectivity index (χ0n) is 12.9. The van der Waals surface area contributed by atoms with Crippen molar-refractivity contribution in [2.45, 2.75) is 13.8 Å². The molecular weight excluding hydrogens is 308 g/mol. The van der Waals surface area contributed by atoms with E-state index in [1.165, 1.54) is 11.1 Å². The summed E-state index contributed by atoms with van der Waals surface area (Å²) in [6.07, 6.45) is 2.03. The molecular formula is C18H16N2O2S. The number of aromatic nitrogens is 2. The van der Waals surface area contributed by atoms with E-state index in [-0.39, 0.29) is 6.79 Å². The number of rotatable bonds is 2. The van der Waals surface area contributed by atoms with Gasteiger partial charge in [0.1, 0.15) is 0 Å². The molecule has 0 fully saturated rings. The number of H-pyrrole nitrogens is 1. The molecule has 0 saturated carbocycles. The number of benzene rings is 2. The lowest BCUT2D eigenvalue weighted by atomic mass is 10.1. The van der Waals surface area contributed by atoms with Crippen molar-refractivity contribution >= 4 is 12.2 Å². The van der Waals surface area contributed by atoms with Gasteiger partial charge in [-0.2, -0.15) is 0 Å². The Bertz CT molecular complexity index is 956. The van der Waals surface area contributed by atoms with E-state index >= 15 is 0 Å². The molecule has 0 atom stereocenters. The summed E-state index contributed by atoms with van der Waals surface area (Å²) in [4.78, 5) is 3.28. The van der Waals surface area contributed by atoms with Crippen LogP contribution < -0.4 is 9.47 Å². The Kier molecular flexibility index (Phi) is 3.23. The van der Waals surface area contributed by atoms with Gasteiger partial charge in [0.05, 0.1) is 11.4 Å². The van der Waals surface area contributed by atoms with E-state index in [0.29, 0.717) is 4.77 Å². The van der Waals surface area contributed by atoms with E-state index in [2.05, 4.69) is 31.0 Å². The van der Waals surface area contributed by atoms with Crippen LogP contribution >= 0.6 is 12.2 Å². The minimum Gasteiger partial charge on any atom is -0.454 e. The molecule has 0 spiro atoms. The van der Waals surface area contributed by atoms with Gasteiger partial charge < -0.3 is 14.5 Å². The van der Waals surface area contributed by atoms with E-state index in [4.69, 9.17) is 21.7 Å². The van der Waals surface area contributed by atoms with Crippen molar-refractivity contribution in [1.29, 1.82) is 0 Å². The molecule has 4 nitrogen and oxygen atoms in total. The monoisotopic (exact) mass is 324 g/mol. The van der Waals surface area contributed by atoms with Gasteiger partial charge in [-0.25, -0.2) is 0 Å². The lowest BCUT2D eigenvalue weighted by Gasteiger charge is -2.08. The molecule has 116 valence electrons. The minimum absolute atomic E-state index is 0.276. The highest BCUT2D eigenvalue weighted by atomic mass is 32.1. The molecule has 1 aromatic heterocycles. The van der Waals surface area contributed by atoms with Gasteiger partial charge in [-0.1, -0.05) is 12.1 Å². The van der Waals surface area contributed by atoms with Crippen LogP contribution in [0.25, 0.3) is 16.9 Å². The van der Waals surface area contributed by atoms with Gasteiger partial charge in [0.2, 0.25) is 6.79 Å². The Labute approximate surface area is 139 Å². The lowest BCUT2D eigenvalue weighted by Crippen LogP contribution is -1.96. The second-order valence-electron chi connectivity index (χ2n) is 5.63. The number of ether oxygens (including phenoxy) is 2. The maximum atomic E-state index is 5.51. The molecule has 2 aromatic carbocycles. The topological polar surface area (TPSA) is 39.2 Å². The number of nitrogens with one attached hydrogen (secondary N) is 1. The average molecular weight is 324 g/mol. The highest BCUT2D eigenvalue weighted by molar-refractivity contribution is 7.71. The Balaban J connectivity index is 1.81. The van der Waals surface area contributed by atoms with Gasteiger partial charge in [-0.15, -0.1) is 0 Å². The van der Waals surface area contributed by atoms with Crippen LogP contribution in [-0.2, 0) is 0 Å². The lowest BCUT2D eigenvalue weighted by molar-refractivity contribution is 0.174. The fraction of sp³-hybridized carbons (Fsp3) is 0.167. The van der Waals surface area contributed by atoms with Gasteiger partial charge in [0.15, 0.2) is 16.3 Å². The highest BCUT2D eigenvalue weighted by Gasteiger charge is 2.15. The Hall–Kier alpha value is -2.53. The quantitative estimate of drug-likeness (QED) is 0.703. The summed E-state index contributed by atoms with van der Waals surface area (Å²) in [5.74, 6) is 1.54. The number of hydrogen-bond donors (Lipinski definition) is 1. The van der Waals surface area contributed by atoms with Crippen molar-refractivity contribution in [2.75, 3.05) is 6.79 Å². The first kappa shape index (κ1) is 14.1. The number of aryl methyl sites for hydroxylation is 1. The number of aromatic amines is 1. The second-order valence-corrected chi connectivity index (χ2v) is 6.02. The largest absolute Gasteiger partial charge is 0.454 e. The van der Waals surface area contributed by atoms with Crippen molar-refractivity contribution in [3.8, 4) is 28.4 Å².